The van der Waals surface area contributed by atoms with Crippen molar-refractivity contribution in [3.05, 3.63) is 83.4 Å². The van der Waals surface area contributed by atoms with E-state index < -0.39 is 0 Å². The highest BCUT2D eigenvalue weighted by Gasteiger charge is 2.16. The lowest BCUT2D eigenvalue weighted by molar-refractivity contribution is 0.787. The lowest BCUT2D eigenvalue weighted by Crippen LogP contribution is -2.02. The molecule has 0 atom stereocenters. The SMILES string of the molecule is Cc1nn(-c2ccccc2)c(C)c1CCc1nnc2sc(-c3ccccc3)nn12. The topological polar surface area (TPSA) is 60.9 Å². The molecule has 5 rings (SSSR count). The van der Waals surface area contributed by atoms with Gasteiger partial charge in [0.15, 0.2) is 5.82 Å². The molecule has 0 N–H and O–H groups in total. The molecular weight excluding hydrogens is 380 g/mol. The second-order valence-corrected chi connectivity index (χ2v) is 7.94. The van der Waals surface area contributed by atoms with Crippen molar-refractivity contribution in [1.82, 2.24) is 29.6 Å². The van der Waals surface area contributed by atoms with Crippen LogP contribution in [0.5, 0.6) is 0 Å². The highest BCUT2D eigenvalue weighted by atomic mass is 32.1. The highest BCUT2D eigenvalue weighted by molar-refractivity contribution is 7.19. The van der Waals surface area contributed by atoms with Crippen molar-refractivity contribution in [2.24, 2.45) is 0 Å². The van der Waals surface area contributed by atoms with Crippen LogP contribution in [0.25, 0.3) is 21.2 Å². The Morgan fingerprint density at radius 3 is 2.31 bits per heavy atom. The molecule has 3 heterocycles. The van der Waals surface area contributed by atoms with Crippen LogP contribution < -0.4 is 0 Å². The lowest BCUT2D eigenvalue weighted by Gasteiger charge is -2.05. The van der Waals surface area contributed by atoms with E-state index in [2.05, 4.69) is 48.3 Å². The van der Waals surface area contributed by atoms with E-state index in [1.54, 1.807) is 11.3 Å². The monoisotopic (exact) mass is 400 g/mol. The number of fused-ring (bicyclic) bond motifs is 1. The quantitative estimate of drug-likeness (QED) is 0.438. The molecule has 0 unspecified atom stereocenters. The summed E-state index contributed by atoms with van der Waals surface area (Å²) >= 11 is 1.56. The average molecular weight is 401 g/mol. The summed E-state index contributed by atoms with van der Waals surface area (Å²) in [7, 11) is 0. The van der Waals surface area contributed by atoms with E-state index in [0.717, 1.165) is 51.3 Å². The first-order valence-corrected chi connectivity index (χ1v) is 10.4. The predicted molar refractivity (Wildman–Crippen MR) is 115 cm³/mol. The van der Waals surface area contributed by atoms with E-state index in [9.17, 15) is 0 Å². The van der Waals surface area contributed by atoms with Gasteiger partial charge in [-0.2, -0.15) is 14.7 Å². The largest absolute Gasteiger partial charge is 0.238 e. The van der Waals surface area contributed by atoms with Crippen LogP contribution in [0.2, 0.25) is 0 Å². The third-order valence-corrected chi connectivity index (χ3v) is 6.06. The number of nitrogens with zero attached hydrogens (tertiary/aromatic N) is 6. The Bertz CT molecular complexity index is 1270. The van der Waals surface area contributed by atoms with Crippen LogP contribution in [0.15, 0.2) is 60.7 Å². The molecule has 29 heavy (non-hydrogen) atoms. The molecule has 144 valence electrons. The molecule has 0 saturated heterocycles. The molecule has 0 spiro atoms. The van der Waals surface area contributed by atoms with Crippen molar-refractivity contribution in [2.75, 3.05) is 0 Å². The lowest BCUT2D eigenvalue weighted by atomic mass is 10.1. The predicted octanol–water partition coefficient (Wildman–Crippen LogP) is 4.44. The first-order valence-electron chi connectivity index (χ1n) is 9.58. The van der Waals surface area contributed by atoms with E-state index in [1.165, 1.54) is 5.56 Å². The van der Waals surface area contributed by atoms with E-state index >= 15 is 0 Å². The maximum absolute atomic E-state index is 4.75. The van der Waals surface area contributed by atoms with E-state index in [4.69, 9.17) is 10.2 Å². The average Bonchev–Trinajstić information content (AvgIpc) is 3.42. The minimum atomic E-state index is 0.765. The summed E-state index contributed by atoms with van der Waals surface area (Å²) in [5, 5.41) is 19.1. The summed E-state index contributed by atoms with van der Waals surface area (Å²) in [5.41, 5.74) is 5.65. The Labute approximate surface area is 172 Å². The number of hydrogen-bond acceptors (Lipinski definition) is 5. The third kappa shape index (κ3) is 3.23. The van der Waals surface area contributed by atoms with Gasteiger partial charge in [-0.1, -0.05) is 59.9 Å². The minimum Gasteiger partial charge on any atom is -0.238 e. The number of aromatic nitrogens is 6. The van der Waals surface area contributed by atoms with Gasteiger partial charge >= 0.3 is 0 Å². The normalized spacial score (nSPS) is 11.4. The third-order valence-electron chi connectivity index (χ3n) is 5.12. The van der Waals surface area contributed by atoms with Crippen molar-refractivity contribution in [2.45, 2.75) is 26.7 Å². The van der Waals surface area contributed by atoms with Gasteiger partial charge in [-0.15, -0.1) is 10.2 Å². The highest BCUT2D eigenvalue weighted by Crippen LogP contribution is 2.26. The van der Waals surface area contributed by atoms with Crippen LogP contribution in [0, 0.1) is 13.8 Å². The van der Waals surface area contributed by atoms with Crippen LogP contribution in [-0.4, -0.2) is 29.6 Å². The Morgan fingerprint density at radius 2 is 1.55 bits per heavy atom. The summed E-state index contributed by atoms with van der Waals surface area (Å²) in [5.74, 6) is 0.879. The summed E-state index contributed by atoms with van der Waals surface area (Å²) in [6.07, 6.45) is 1.62. The molecule has 0 aliphatic heterocycles. The molecule has 0 saturated carbocycles. The first kappa shape index (κ1) is 17.8. The Morgan fingerprint density at radius 1 is 0.828 bits per heavy atom. The van der Waals surface area contributed by atoms with Gasteiger partial charge in [0.2, 0.25) is 4.96 Å². The van der Waals surface area contributed by atoms with E-state index in [0.29, 0.717) is 0 Å². The fourth-order valence-electron chi connectivity index (χ4n) is 3.60. The van der Waals surface area contributed by atoms with Gasteiger partial charge in [0, 0.05) is 17.7 Å². The zero-order valence-corrected chi connectivity index (χ0v) is 17.1. The smallest absolute Gasteiger partial charge is 0.234 e. The van der Waals surface area contributed by atoms with Crippen LogP contribution in [0.3, 0.4) is 0 Å². The van der Waals surface area contributed by atoms with Crippen molar-refractivity contribution in [3.8, 4) is 16.3 Å². The molecule has 0 bridgehead atoms. The second-order valence-electron chi connectivity index (χ2n) is 6.98. The van der Waals surface area contributed by atoms with Crippen molar-refractivity contribution < 1.29 is 0 Å². The van der Waals surface area contributed by atoms with Gasteiger partial charge in [-0.3, -0.25) is 0 Å². The summed E-state index contributed by atoms with van der Waals surface area (Å²) < 4.78 is 3.89. The zero-order valence-electron chi connectivity index (χ0n) is 16.3. The number of para-hydroxylation sites is 1. The molecule has 3 aromatic heterocycles. The van der Waals surface area contributed by atoms with Crippen LogP contribution in [-0.2, 0) is 12.8 Å². The first-order chi connectivity index (χ1) is 14.2. The molecule has 2 aromatic carbocycles. The van der Waals surface area contributed by atoms with Gasteiger partial charge < -0.3 is 0 Å². The number of benzene rings is 2. The molecule has 0 radical (unpaired) electrons. The van der Waals surface area contributed by atoms with Crippen molar-refractivity contribution >= 4 is 16.3 Å². The molecule has 0 aliphatic carbocycles. The van der Waals surface area contributed by atoms with Crippen molar-refractivity contribution in [1.29, 1.82) is 0 Å². The van der Waals surface area contributed by atoms with Crippen LogP contribution >= 0.6 is 11.3 Å². The fraction of sp³-hybridized carbons (Fsp3) is 0.182. The van der Waals surface area contributed by atoms with E-state index in [-0.39, 0.29) is 0 Å². The second kappa shape index (κ2) is 7.25. The van der Waals surface area contributed by atoms with Crippen LogP contribution in [0.4, 0.5) is 0 Å². The van der Waals surface area contributed by atoms with Gasteiger partial charge in [-0.05, 0) is 38.0 Å². The number of hydrogen-bond donors (Lipinski definition) is 0. The molecule has 7 heteroatoms. The molecule has 5 aromatic rings. The summed E-state index contributed by atoms with van der Waals surface area (Å²) in [6, 6.07) is 20.4. The Kier molecular flexibility index (Phi) is 4.44. The summed E-state index contributed by atoms with van der Waals surface area (Å²) in [6.45, 7) is 4.19. The summed E-state index contributed by atoms with van der Waals surface area (Å²) in [4.78, 5) is 0.826. The van der Waals surface area contributed by atoms with Gasteiger partial charge in [0.05, 0.1) is 11.4 Å². The van der Waals surface area contributed by atoms with Crippen LogP contribution in [0.1, 0.15) is 22.8 Å². The minimum absolute atomic E-state index is 0.765. The Balaban J connectivity index is 1.41. The van der Waals surface area contributed by atoms with Gasteiger partial charge in [0.25, 0.3) is 0 Å². The number of rotatable bonds is 5. The molecule has 0 amide bonds. The Hall–Kier alpha value is -3.32. The molecule has 6 nitrogen and oxygen atoms in total. The number of aryl methyl sites for hydroxylation is 2. The molecule has 0 fully saturated rings. The van der Waals surface area contributed by atoms with Crippen molar-refractivity contribution in [3.63, 3.8) is 0 Å². The van der Waals surface area contributed by atoms with Gasteiger partial charge in [0.1, 0.15) is 5.01 Å². The maximum atomic E-state index is 4.75. The fourth-order valence-corrected chi connectivity index (χ4v) is 4.47. The van der Waals surface area contributed by atoms with Gasteiger partial charge in [-0.25, -0.2) is 4.68 Å². The zero-order chi connectivity index (χ0) is 19.8. The molecule has 0 aliphatic rings. The maximum Gasteiger partial charge on any atom is 0.234 e. The molecular formula is C22H20N6S. The van der Waals surface area contributed by atoms with E-state index in [1.807, 2.05) is 45.6 Å². The standard InChI is InChI=1S/C22H20N6S/c1-15-19(16(2)27(25-15)18-11-7-4-8-12-18)13-14-20-23-24-22-28(20)26-21(29-22)17-9-5-3-6-10-17/h3-12H,13-14H2,1-2H3.